The molecule has 213 valence electrons. The van der Waals surface area contributed by atoms with Gasteiger partial charge < -0.3 is 5.11 Å². The first-order chi connectivity index (χ1) is 19.3. The van der Waals surface area contributed by atoms with Crippen molar-refractivity contribution in [1.29, 1.82) is 5.26 Å². The van der Waals surface area contributed by atoms with Crippen LogP contribution in [-0.4, -0.2) is 45.9 Å². The lowest BCUT2D eigenvalue weighted by Gasteiger charge is -2.13. The highest BCUT2D eigenvalue weighted by Gasteiger charge is 2.12. The number of nitrogens with zero attached hydrogens (tertiary/aromatic N) is 3. The number of nitriles is 1. The molecule has 2 fully saturated rings. The van der Waals surface area contributed by atoms with Gasteiger partial charge >= 0.3 is 5.97 Å². The van der Waals surface area contributed by atoms with Crippen molar-refractivity contribution in [1.82, 2.24) is 14.5 Å². The summed E-state index contributed by atoms with van der Waals surface area (Å²) in [5.41, 5.74) is 4.06. The Hall–Kier alpha value is -3.46. The second-order valence-corrected chi connectivity index (χ2v) is 10.5. The third-order valence-corrected chi connectivity index (χ3v) is 6.38. The van der Waals surface area contributed by atoms with Crippen LogP contribution in [0.1, 0.15) is 50.4 Å². The van der Waals surface area contributed by atoms with Gasteiger partial charge in [-0.05, 0) is 73.4 Å². The second kappa shape index (κ2) is 22.4. The number of aryl methyl sites for hydroxylation is 1. The number of terminal acetylenes is 1. The van der Waals surface area contributed by atoms with Crippen LogP contribution in [0.25, 0.3) is 10.9 Å². The largest absolute Gasteiger partial charge is 0.481 e. The quantitative estimate of drug-likeness (QED) is 0.140. The number of aromatic amines is 1. The predicted molar refractivity (Wildman–Crippen MR) is 172 cm³/mol. The van der Waals surface area contributed by atoms with E-state index in [4.69, 9.17) is 10.4 Å². The average molecular weight is 560 g/mol. The van der Waals surface area contributed by atoms with Gasteiger partial charge in [0.25, 0.3) is 0 Å². The Morgan fingerprint density at radius 1 is 1.18 bits per heavy atom. The van der Waals surface area contributed by atoms with E-state index in [0.717, 1.165) is 22.4 Å². The van der Waals surface area contributed by atoms with Crippen LogP contribution in [0.4, 0.5) is 0 Å². The van der Waals surface area contributed by atoms with E-state index >= 15 is 0 Å². The number of fused-ring (bicyclic) bond motifs is 1. The zero-order valence-corrected chi connectivity index (χ0v) is 25.3. The van der Waals surface area contributed by atoms with Gasteiger partial charge in [0.1, 0.15) is 7.28 Å². The molecule has 3 heterocycles. The van der Waals surface area contributed by atoms with Crippen LogP contribution in [0.5, 0.6) is 0 Å². The fourth-order valence-electron chi connectivity index (χ4n) is 3.55. The number of hydrogen-bond donors (Lipinski definition) is 2. The number of nitrogens with one attached hydrogen (secondary N) is 1. The van der Waals surface area contributed by atoms with E-state index in [1.807, 2.05) is 37.1 Å². The number of hydrogen-bond acceptors (Lipinski definition) is 5. The molecule has 1 radical (unpaired) electrons. The molecule has 0 saturated carbocycles. The van der Waals surface area contributed by atoms with Crippen LogP contribution in [0.2, 0.25) is 12.6 Å². The lowest BCUT2D eigenvalue weighted by atomic mass is 10.0. The molecular weight excluding hydrogens is 515 g/mol. The zero-order valence-electron chi connectivity index (χ0n) is 24.5. The standard InChI is InChI=1S/C14H21NS.C10H10N2O2.C2H4B.C2H3N.C2H4.C2H2/c1-12(2)11-13-5-7-14(8-6-13)16-15-9-3-4-10-15;1-6-2-3-7-8(4-6)11-12-9(7)5-10(13)14;1-2-3-1;1-2-3;2*1-2/h5-8,12H,3-4,9-11H2,1-2H3;2-4H,5H2,1H3,(H,11,12)(H,13,14);1-2H2;1H3;1-2H2;1-2H. The van der Waals surface area contributed by atoms with E-state index in [1.165, 1.54) is 62.4 Å². The summed E-state index contributed by atoms with van der Waals surface area (Å²) in [4.78, 5) is 11.9. The minimum Gasteiger partial charge on any atom is -0.481 e. The van der Waals surface area contributed by atoms with Crippen molar-refractivity contribution < 1.29 is 9.90 Å². The van der Waals surface area contributed by atoms with Gasteiger partial charge in [-0.25, -0.2) is 4.31 Å². The van der Waals surface area contributed by atoms with Crippen molar-refractivity contribution >= 4 is 36.1 Å². The summed E-state index contributed by atoms with van der Waals surface area (Å²) in [5.74, 6) is -0.104. The molecule has 6 nitrogen and oxygen atoms in total. The number of carboxylic acid groups (broad SMARTS) is 1. The first-order valence-corrected chi connectivity index (χ1v) is 14.2. The number of benzene rings is 2. The lowest BCUT2D eigenvalue weighted by Crippen LogP contribution is -2.08. The van der Waals surface area contributed by atoms with Gasteiger partial charge in [0, 0.05) is 30.3 Å². The highest BCUT2D eigenvalue weighted by Crippen LogP contribution is 2.27. The Bertz CT molecular complexity index is 1160. The highest BCUT2D eigenvalue weighted by atomic mass is 32.2. The van der Waals surface area contributed by atoms with Gasteiger partial charge in [-0.2, -0.15) is 10.4 Å². The topological polar surface area (TPSA) is 93.0 Å². The number of rotatable bonds is 6. The number of aliphatic carboxylic acids is 1. The minimum atomic E-state index is -0.851. The van der Waals surface area contributed by atoms with E-state index < -0.39 is 5.97 Å². The first-order valence-electron chi connectivity index (χ1n) is 13.5. The van der Waals surface area contributed by atoms with Gasteiger partial charge in [0.2, 0.25) is 0 Å². The molecule has 2 saturated heterocycles. The van der Waals surface area contributed by atoms with Gasteiger partial charge in [-0.1, -0.05) is 50.8 Å². The molecule has 1 aromatic heterocycles. The second-order valence-electron chi connectivity index (χ2n) is 9.35. The maximum atomic E-state index is 10.5. The van der Waals surface area contributed by atoms with E-state index in [0.29, 0.717) is 5.69 Å². The maximum Gasteiger partial charge on any atom is 0.309 e. The Morgan fingerprint density at radius 3 is 2.20 bits per heavy atom. The van der Waals surface area contributed by atoms with E-state index in [2.05, 4.69) is 85.9 Å². The summed E-state index contributed by atoms with van der Waals surface area (Å²) in [7, 11) is 2.25. The fraction of sp³-hybridized carbons (Fsp3) is 0.406. The van der Waals surface area contributed by atoms with Crippen molar-refractivity contribution in [3.8, 4) is 18.9 Å². The van der Waals surface area contributed by atoms with Crippen molar-refractivity contribution in [3.63, 3.8) is 0 Å². The Balaban J connectivity index is 0.000000574. The van der Waals surface area contributed by atoms with Gasteiger partial charge in [0.15, 0.2) is 0 Å². The Kier molecular flexibility index (Phi) is 20.4. The number of H-pyrrole nitrogens is 1. The monoisotopic (exact) mass is 559 g/mol. The molecule has 2 aromatic carbocycles. The summed E-state index contributed by atoms with van der Waals surface area (Å²) in [6, 6.07) is 16.6. The first kappa shape index (κ1) is 36.5. The van der Waals surface area contributed by atoms with Crippen LogP contribution in [0, 0.1) is 37.0 Å². The third kappa shape index (κ3) is 16.5. The van der Waals surface area contributed by atoms with E-state index in [9.17, 15) is 4.79 Å². The Morgan fingerprint density at radius 2 is 1.73 bits per heavy atom. The molecule has 40 heavy (non-hydrogen) atoms. The Labute approximate surface area is 246 Å². The van der Waals surface area contributed by atoms with Crippen molar-refractivity contribution in [2.45, 2.75) is 70.9 Å². The van der Waals surface area contributed by atoms with E-state index in [-0.39, 0.29) is 6.42 Å². The van der Waals surface area contributed by atoms with Gasteiger partial charge in [0.05, 0.1) is 23.7 Å². The average Bonchev–Trinajstić information content (AvgIpc) is 3.65. The van der Waals surface area contributed by atoms with Crippen LogP contribution in [0.3, 0.4) is 0 Å². The summed E-state index contributed by atoms with van der Waals surface area (Å²) in [6.07, 6.45) is 14.6. The number of aromatic nitrogens is 2. The zero-order chi connectivity index (χ0) is 30.3. The molecule has 0 amide bonds. The molecular formula is C32H44BN4O2S. The van der Waals surface area contributed by atoms with E-state index in [1.54, 1.807) is 6.07 Å². The molecule has 0 aliphatic carbocycles. The molecule has 2 aliphatic heterocycles. The van der Waals surface area contributed by atoms with Gasteiger partial charge in [-0.3, -0.25) is 9.89 Å². The number of carboxylic acids is 1. The van der Waals surface area contributed by atoms with Crippen molar-refractivity contribution in [2.24, 2.45) is 5.92 Å². The molecule has 0 bridgehead atoms. The third-order valence-electron chi connectivity index (χ3n) is 5.27. The molecule has 5 rings (SSSR count). The van der Waals surface area contributed by atoms with Crippen LogP contribution in [-0.2, 0) is 17.6 Å². The van der Waals surface area contributed by atoms with Crippen LogP contribution in [0.15, 0.2) is 60.5 Å². The minimum absolute atomic E-state index is 0.0143. The molecule has 2 N–H and O–H groups in total. The molecule has 0 unspecified atom stereocenters. The SMILES string of the molecule is C#C.C=C.CC#N.CC(C)Cc1ccc(SN2CCCC2)cc1.Cc1ccc2c(CC(=O)O)[nH]nc2c1.[B]1CC1. The van der Waals surface area contributed by atoms with Crippen molar-refractivity contribution in [3.05, 3.63) is 72.4 Å². The molecule has 0 atom stereocenters. The molecule has 3 aromatic rings. The summed E-state index contributed by atoms with van der Waals surface area (Å²) in [5, 5.41) is 23.6. The maximum absolute atomic E-state index is 10.5. The summed E-state index contributed by atoms with van der Waals surface area (Å²) in [6.45, 7) is 16.4. The molecule has 2 aliphatic rings. The molecule has 8 heteroatoms. The van der Waals surface area contributed by atoms with Crippen LogP contribution >= 0.6 is 11.9 Å². The predicted octanol–water partition coefficient (Wildman–Crippen LogP) is 7.61. The summed E-state index contributed by atoms with van der Waals surface area (Å²) >= 11 is 1.91. The molecule has 0 spiro atoms. The smallest absolute Gasteiger partial charge is 0.309 e. The normalized spacial score (nSPS) is 12.6. The van der Waals surface area contributed by atoms with Crippen molar-refractivity contribution in [2.75, 3.05) is 13.1 Å². The van der Waals surface area contributed by atoms with Gasteiger partial charge in [-0.15, -0.1) is 26.0 Å². The highest BCUT2D eigenvalue weighted by molar-refractivity contribution is 7.97. The summed E-state index contributed by atoms with van der Waals surface area (Å²) < 4.78 is 2.47. The fourth-order valence-corrected chi connectivity index (χ4v) is 4.55. The van der Waals surface area contributed by atoms with Crippen LogP contribution < -0.4 is 0 Å². The lowest BCUT2D eigenvalue weighted by molar-refractivity contribution is -0.136. The number of carbonyl (C=O) groups is 1.